The smallest absolute Gasteiger partial charge is 0.409 e. The van der Waals surface area contributed by atoms with Gasteiger partial charge >= 0.3 is 6.09 Å². The Labute approximate surface area is 78.1 Å². The minimum atomic E-state index is -1.19. The second-order valence-corrected chi connectivity index (χ2v) is 2.65. The van der Waals surface area contributed by atoms with Crippen LogP contribution in [-0.2, 0) is 0 Å². The van der Waals surface area contributed by atoms with Gasteiger partial charge in [-0.05, 0) is 12.1 Å². The van der Waals surface area contributed by atoms with Crippen molar-refractivity contribution < 1.29 is 9.90 Å². The van der Waals surface area contributed by atoms with Gasteiger partial charge in [-0.15, -0.1) is 0 Å². The molecule has 0 fully saturated rings. The zero-order chi connectivity index (χ0) is 9.14. The summed E-state index contributed by atoms with van der Waals surface area (Å²) in [7, 11) is 0. The van der Waals surface area contributed by atoms with Crippen LogP contribution in [0.1, 0.15) is 0 Å². The van der Waals surface area contributed by atoms with E-state index in [0.717, 1.165) is 0 Å². The maximum atomic E-state index is 10.2. The fourth-order valence-electron chi connectivity index (χ4n) is 0.621. The van der Waals surface area contributed by atoms with E-state index in [9.17, 15) is 4.79 Å². The molecule has 1 aromatic heterocycles. The Balaban J connectivity index is 2.93. The van der Waals surface area contributed by atoms with Crippen LogP contribution in [-0.4, -0.2) is 16.2 Å². The number of hydrogen-bond donors (Lipinski definition) is 2. The van der Waals surface area contributed by atoms with Crippen LogP contribution in [0.3, 0.4) is 0 Å². The highest BCUT2D eigenvalue weighted by Crippen LogP contribution is 2.20. The summed E-state index contributed by atoms with van der Waals surface area (Å²) in [5.41, 5.74) is 0.216. The summed E-state index contributed by atoms with van der Waals surface area (Å²) >= 11 is 11.0. The number of anilines is 1. The van der Waals surface area contributed by atoms with Crippen LogP contribution in [0.5, 0.6) is 0 Å². The molecule has 0 aliphatic rings. The molecule has 0 saturated heterocycles. The highest BCUT2D eigenvalue weighted by atomic mass is 35.5. The average Bonchev–Trinajstić information content (AvgIpc) is 1.94. The van der Waals surface area contributed by atoms with E-state index < -0.39 is 6.09 Å². The third kappa shape index (κ3) is 2.25. The molecule has 0 aromatic carbocycles. The third-order valence-corrected chi connectivity index (χ3v) is 1.55. The first-order valence-electron chi connectivity index (χ1n) is 2.91. The van der Waals surface area contributed by atoms with Crippen LogP contribution < -0.4 is 5.32 Å². The van der Waals surface area contributed by atoms with Gasteiger partial charge in [0.05, 0.1) is 5.69 Å². The largest absolute Gasteiger partial charge is 0.465 e. The van der Waals surface area contributed by atoms with Crippen molar-refractivity contribution in [3.05, 3.63) is 22.4 Å². The summed E-state index contributed by atoms with van der Waals surface area (Å²) < 4.78 is 0. The fourth-order valence-corrected chi connectivity index (χ4v) is 1.01. The second kappa shape index (κ2) is 3.60. The van der Waals surface area contributed by atoms with Crippen molar-refractivity contribution in [2.45, 2.75) is 0 Å². The lowest BCUT2D eigenvalue weighted by Gasteiger charge is -2.01. The van der Waals surface area contributed by atoms with Gasteiger partial charge in [-0.25, -0.2) is 9.78 Å². The average molecular weight is 207 g/mol. The summed E-state index contributed by atoms with van der Waals surface area (Å²) in [6.07, 6.45) is -1.19. The van der Waals surface area contributed by atoms with Crippen molar-refractivity contribution in [3.63, 3.8) is 0 Å². The predicted octanol–water partition coefficient (Wildman–Crippen LogP) is 2.48. The summed E-state index contributed by atoms with van der Waals surface area (Å²) in [6, 6.07) is 2.88. The maximum absolute atomic E-state index is 10.2. The van der Waals surface area contributed by atoms with Gasteiger partial charge in [-0.1, -0.05) is 23.2 Å². The number of aromatic nitrogens is 1. The van der Waals surface area contributed by atoms with Gasteiger partial charge < -0.3 is 5.11 Å². The van der Waals surface area contributed by atoms with E-state index in [1.165, 1.54) is 12.1 Å². The molecule has 4 nitrogen and oxygen atoms in total. The molecule has 0 bridgehead atoms. The first kappa shape index (κ1) is 9.09. The number of hydrogen-bond acceptors (Lipinski definition) is 2. The van der Waals surface area contributed by atoms with E-state index in [1.807, 2.05) is 0 Å². The molecule has 1 amide bonds. The lowest BCUT2D eigenvalue weighted by Crippen LogP contribution is -2.07. The molecule has 0 spiro atoms. The van der Waals surface area contributed by atoms with E-state index in [4.69, 9.17) is 28.3 Å². The van der Waals surface area contributed by atoms with E-state index in [1.54, 1.807) is 0 Å². The van der Waals surface area contributed by atoms with Crippen molar-refractivity contribution in [3.8, 4) is 0 Å². The molecule has 12 heavy (non-hydrogen) atoms. The van der Waals surface area contributed by atoms with Gasteiger partial charge in [0.25, 0.3) is 0 Å². The fraction of sp³-hybridized carbons (Fsp3) is 0. The molecule has 1 aromatic rings. The number of halogens is 2. The maximum Gasteiger partial charge on any atom is 0.409 e. The molecule has 0 aliphatic carbocycles. The standard InChI is InChI=1S/C6H4Cl2N2O2/c7-4-2-1-3(5(8)10-4)9-6(11)12/h1-2,9H,(H,11,12). The summed E-state index contributed by atoms with van der Waals surface area (Å²) in [5.74, 6) is 0. The van der Waals surface area contributed by atoms with Crippen LogP contribution in [0.25, 0.3) is 0 Å². The monoisotopic (exact) mass is 206 g/mol. The van der Waals surface area contributed by atoms with Gasteiger partial charge in [0.1, 0.15) is 5.15 Å². The molecule has 6 heteroatoms. The topological polar surface area (TPSA) is 62.2 Å². The van der Waals surface area contributed by atoms with Gasteiger partial charge in [0.15, 0.2) is 5.15 Å². The molecule has 0 atom stereocenters. The van der Waals surface area contributed by atoms with Crippen molar-refractivity contribution in [2.75, 3.05) is 5.32 Å². The highest BCUT2D eigenvalue weighted by molar-refractivity contribution is 6.34. The van der Waals surface area contributed by atoms with E-state index in [2.05, 4.69) is 10.3 Å². The molecule has 0 radical (unpaired) electrons. The Morgan fingerprint density at radius 3 is 2.67 bits per heavy atom. The normalized spacial score (nSPS) is 9.50. The third-order valence-electron chi connectivity index (χ3n) is 1.06. The minimum Gasteiger partial charge on any atom is -0.465 e. The Hall–Kier alpha value is -1.00. The van der Waals surface area contributed by atoms with E-state index in [0.29, 0.717) is 0 Å². The lowest BCUT2D eigenvalue weighted by molar-refractivity contribution is 0.209. The molecule has 1 rings (SSSR count). The molecular formula is C6H4Cl2N2O2. The number of pyridine rings is 1. The molecule has 64 valence electrons. The second-order valence-electron chi connectivity index (χ2n) is 1.90. The van der Waals surface area contributed by atoms with Gasteiger partial charge in [0, 0.05) is 0 Å². The summed E-state index contributed by atoms with van der Waals surface area (Å²) in [4.78, 5) is 13.8. The number of rotatable bonds is 1. The van der Waals surface area contributed by atoms with Crippen molar-refractivity contribution in [2.24, 2.45) is 0 Å². The number of amides is 1. The Bertz CT molecular complexity index is 316. The van der Waals surface area contributed by atoms with Crippen molar-refractivity contribution >= 4 is 35.0 Å². The van der Waals surface area contributed by atoms with Gasteiger partial charge in [-0.3, -0.25) is 5.32 Å². The summed E-state index contributed by atoms with van der Waals surface area (Å²) in [5, 5.41) is 10.6. The zero-order valence-corrected chi connectivity index (χ0v) is 7.23. The van der Waals surface area contributed by atoms with Gasteiger partial charge in [-0.2, -0.15) is 0 Å². The number of nitrogens with zero attached hydrogens (tertiary/aromatic N) is 1. The lowest BCUT2D eigenvalue weighted by atomic mass is 10.4. The molecule has 0 saturated carbocycles. The Morgan fingerprint density at radius 2 is 2.17 bits per heavy atom. The number of carbonyl (C=O) groups is 1. The van der Waals surface area contributed by atoms with Crippen LogP contribution >= 0.6 is 23.2 Å². The minimum absolute atomic E-state index is 0.0323. The number of carboxylic acid groups (broad SMARTS) is 1. The van der Waals surface area contributed by atoms with Crippen molar-refractivity contribution in [1.82, 2.24) is 4.98 Å². The number of nitrogens with one attached hydrogen (secondary N) is 1. The van der Waals surface area contributed by atoms with E-state index >= 15 is 0 Å². The first-order chi connectivity index (χ1) is 5.59. The summed E-state index contributed by atoms with van der Waals surface area (Å²) in [6.45, 7) is 0. The van der Waals surface area contributed by atoms with Crippen molar-refractivity contribution in [1.29, 1.82) is 0 Å². The van der Waals surface area contributed by atoms with Crippen LogP contribution in [0.2, 0.25) is 10.3 Å². The Morgan fingerprint density at radius 1 is 1.50 bits per heavy atom. The van der Waals surface area contributed by atoms with Crippen LogP contribution in [0.15, 0.2) is 12.1 Å². The highest BCUT2D eigenvalue weighted by Gasteiger charge is 2.04. The quantitative estimate of drug-likeness (QED) is 0.695. The molecule has 0 aliphatic heterocycles. The SMILES string of the molecule is O=C(O)Nc1ccc(Cl)nc1Cl. The molecule has 2 N–H and O–H groups in total. The first-order valence-corrected chi connectivity index (χ1v) is 3.67. The van der Waals surface area contributed by atoms with Crippen LogP contribution in [0.4, 0.5) is 10.5 Å². The van der Waals surface area contributed by atoms with Gasteiger partial charge in [0.2, 0.25) is 0 Å². The van der Waals surface area contributed by atoms with Crippen LogP contribution in [0, 0.1) is 0 Å². The molecule has 1 heterocycles. The Kier molecular flexibility index (Phi) is 2.73. The van der Waals surface area contributed by atoms with E-state index in [-0.39, 0.29) is 16.0 Å². The zero-order valence-electron chi connectivity index (χ0n) is 5.71. The predicted molar refractivity (Wildman–Crippen MR) is 45.9 cm³/mol. The molecule has 0 unspecified atom stereocenters. The molecular weight excluding hydrogens is 203 g/mol.